The number of nitrogens with zero attached hydrogens (tertiary/aromatic N) is 2. The molecular weight excluding hydrogens is 364 g/mol. The summed E-state index contributed by atoms with van der Waals surface area (Å²) in [6.45, 7) is 6.68. The molecule has 0 fully saturated rings. The Balaban J connectivity index is 1.90. The van der Waals surface area contributed by atoms with E-state index < -0.39 is 0 Å². The van der Waals surface area contributed by atoms with Crippen LogP contribution in [0, 0.1) is 20.8 Å². The molecule has 0 radical (unpaired) electrons. The van der Waals surface area contributed by atoms with Gasteiger partial charge in [-0.2, -0.15) is 9.13 Å². The zero-order valence-electron chi connectivity index (χ0n) is 18.5. The van der Waals surface area contributed by atoms with Gasteiger partial charge in [-0.25, -0.2) is 0 Å². The molecule has 0 spiro atoms. The van der Waals surface area contributed by atoms with Crippen LogP contribution in [0.1, 0.15) is 27.8 Å². The van der Waals surface area contributed by atoms with Crippen molar-refractivity contribution in [2.24, 2.45) is 14.1 Å². The molecule has 2 nitrogen and oxygen atoms in total. The Morgan fingerprint density at radius 2 is 1.50 bits per heavy atom. The van der Waals surface area contributed by atoms with Crippen molar-refractivity contribution in [2.75, 3.05) is 0 Å². The standard InChI is InChI=1S/C28H28N2/c1-18-14-19(2)20(3)23(15-18)28-25-16-21-10-6-7-11-22(21)24(25)17-27(30(28)5)26-12-8-9-13-29(26)4/h6-15,17H,16H2,1-5H3/q+2. The van der Waals surface area contributed by atoms with Gasteiger partial charge in [-0.1, -0.05) is 35.9 Å². The average molecular weight is 393 g/mol. The zero-order chi connectivity index (χ0) is 21.0. The van der Waals surface area contributed by atoms with Gasteiger partial charge in [0.2, 0.25) is 5.69 Å². The summed E-state index contributed by atoms with van der Waals surface area (Å²) in [6, 6.07) is 22.3. The summed E-state index contributed by atoms with van der Waals surface area (Å²) in [5.41, 5.74) is 14.8. The predicted molar refractivity (Wildman–Crippen MR) is 122 cm³/mol. The summed E-state index contributed by atoms with van der Waals surface area (Å²) in [5, 5.41) is 0. The first kappa shape index (κ1) is 18.7. The average Bonchev–Trinajstić information content (AvgIpc) is 3.09. The number of hydrogen-bond donors (Lipinski definition) is 0. The lowest BCUT2D eigenvalue weighted by Gasteiger charge is -2.14. The van der Waals surface area contributed by atoms with E-state index in [-0.39, 0.29) is 0 Å². The third kappa shape index (κ3) is 2.79. The molecule has 0 bridgehead atoms. The summed E-state index contributed by atoms with van der Waals surface area (Å²) in [6.07, 6.45) is 3.11. The highest BCUT2D eigenvalue weighted by atomic mass is 15.0. The van der Waals surface area contributed by atoms with Gasteiger partial charge in [0.1, 0.15) is 14.1 Å². The fourth-order valence-electron chi connectivity index (χ4n) is 4.98. The molecule has 0 aliphatic heterocycles. The van der Waals surface area contributed by atoms with Gasteiger partial charge in [-0.15, -0.1) is 0 Å². The lowest BCUT2D eigenvalue weighted by atomic mass is 9.92. The summed E-state index contributed by atoms with van der Waals surface area (Å²) < 4.78 is 4.61. The van der Waals surface area contributed by atoms with Gasteiger partial charge < -0.3 is 0 Å². The Bertz CT molecular complexity index is 1310. The molecule has 2 heterocycles. The third-order valence-electron chi connectivity index (χ3n) is 6.65. The van der Waals surface area contributed by atoms with E-state index in [0.29, 0.717) is 0 Å². The van der Waals surface area contributed by atoms with Gasteiger partial charge in [-0.3, -0.25) is 0 Å². The van der Waals surface area contributed by atoms with Crippen LogP contribution in [0.25, 0.3) is 33.8 Å². The quantitative estimate of drug-likeness (QED) is 0.366. The Morgan fingerprint density at radius 1 is 0.733 bits per heavy atom. The molecule has 0 unspecified atom stereocenters. The number of fused-ring (bicyclic) bond motifs is 3. The second kappa shape index (κ2) is 6.91. The fourth-order valence-corrected chi connectivity index (χ4v) is 4.98. The predicted octanol–water partition coefficient (Wildman–Crippen LogP) is 5.17. The molecule has 2 heteroatoms. The van der Waals surface area contributed by atoms with E-state index in [1.54, 1.807) is 0 Å². The normalized spacial score (nSPS) is 12.0. The highest BCUT2D eigenvalue weighted by Gasteiger charge is 2.33. The maximum absolute atomic E-state index is 2.40. The Labute approximate surface area is 179 Å². The van der Waals surface area contributed by atoms with Crippen molar-refractivity contribution in [3.05, 3.63) is 94.7 Å². The number of benzene rings is 2. The van der Waals surface area contributed by atoms with Crippen molar-refractivity contribution >= 4 is 0 Å². The van der Waals surface area contributed by atoms with Gasteiger partial charge in [0.15, 0.2) is 6.20 Å². The smallest absolute Gasteiger partial charge is 0.196 e. The van der Waals surface area contributed by atoms with Crippen LogP contribution in [0.3, 0.4) is 0 Å². The van der Waals surface area contributed by atoms with Crippen molar-refractivity contribution in [1.82, 2.24) is 0 Å². The van der Waals surface area contributed by atoms with Gasteiger partial charge in [0, 0.05) is 35.7 Å². The minimum atomic E-state index is 0.988. The Morgan fingerprint density at radius 3 is 2.30 bits per heavy atom. The monoisotopic (exact) mass is 392 g/mol. The minimum absolute atomic E-state index is 0.988. The topological polar surface area (TPSA) is 7.76 Å². The molecule has 148 valence electrons. The molecule has 5 rings (SSSR count). The molecule has 2 aromatic carbocycles. The molecule has 4 aromatic rings. The molecule has 2 aromatic heterocycles. The van der Waals surface area contributed by atoms with E-state index in [1.807, 2.05) is 0 Å². The molecule has 0 atom stereocenters. The summed E-state index contributed by atoms with van der Waals surface area (Å²) in [7, 11) is 4.34. The third-order valence-corrected chi connectivity index (χ3v) is 6.65. The SMILES string of the molecule is Cc1cc(C)c(C)c(-c2c3c(cc(-c4cccc[n+]4C)[n+]2C)-c2ccccc2C3)c1. The number of rotatable bonds is 2. The van der Waals surface area contributed by atoms with Crippen LogP contribution in [0.5, 0.6) is 0 Å². The van der Waals surface area contributed by atoms with Crippen LogP contribution in [0.4, 0.5) is 0 Å². The van der Waals surface area contributed by atoms with Crippen LogP contribution < -0.4 is 9.13 Å². The van der Waals surface area contributed by atoms with Crippen LogP contribution in [0.2, 0.25) is 0 Å². The molecule has 1 aliphatic rings. The lowest BCUT2D eigenvalue weighted by Crippen LogP contribution is -2.40. The first-order valence-electron chi connectivity index (χ1n) is 10.6. The number of aromatic nitrogens is 2. The van der Waals surface area contributed by atoms with E-state index in [4.69, 9.17) is 0 Å². The van der Waals surface area contributed by atoms with Crippen LogP contribution in [-0.2, 0) is 20.5 Å². The number of pyridine rings is 2. The molecule has 1 aliphatic carbocycles. The van der Waals surface area contributed by atoms with Gasteiger partial charge in [-0.05, 0) is 60.7 Å². The van der Waals surface area contributed by atoms with Crippen molar-refractivity contribution in [3.8, 4) is 33.8 Å². The minimum Gasteiger partial charge on any atom is -0.196 e. The highest BCUT2D eigenvalue weighted by molar-refractivity contribution is 5.84. The Kier molecular flexibility index (Phi) is 4.32. The molecule has 0 N–H and O–H groups in total. The summed E-state index contributed by atoms with van der Waals surface area (Å²) >= 11 is 0. The second-order valence-electron chi connectivity index (χ2n) is 8.61. The first-order valence-corrected chi connectivity index (χ1v) is 10.6. The fraction of sp³-hybridized carbons (Fsp3) is 0.214. The van der Waals surface area contributed by atoms with Gasteiger partial charge >= 0.3 is 0 Å². The van der Waals surface area contributed by atoms with Crippen molar-refractivity contribution in [3.63, 3.8) is 0 Å². The number of aryl methyl sites for hydroxylation is 3. The molecule has 0 amide bonds. The Hall–Kier alpha value is -3.26. The summed E-state index contributed by atoms with van der Waals surface area (Å²) in [5.74, 6) is 0. The largest absolute Gasteiger partial charge is 0.278 e. The first-order chi connectivity index (χ1) is 14.5. The van der Waals surface area contributed by atoms with E-state index in [0.717, 1.165) is 6.42 Å². The van der Waals surface area contributed by atoms with E-state index in [2.05, 4.69) is 111 Å². The highest BCUT2D eigenvalue weighted by Crippen LogP contribution is 2.42. The van der Waals surface area contributed by atoms with Gasteiger partial charge in [0.25, 0.3) is 11.4 Å². The molecular formula is C28H28N2+2. The van der Waals surface area contributed by atoms with E-state index >= 15 is 0 Å². The number of hydrogen-bond acceptors (Lipinski definition) is 0. The molecule has 0 saturated heterocycles. The lowest BCUT2D eigenvalue weighted by molar-refractivity contribution is -0.685. The zero-order valence-corrected chi connectivity index (χ0v) is 18.5. The van der Waals surface area contributed by atoms with Crippen molar-refractivity contribution in [2.45, 2.75) is 27.2 Å². The maximum Gasteiger partial charge on any atom is 0.278 e. The van der Waals surface area contributed by atoms with Crippen LogP contribution in [-0.4, -0.2) is 0 Å². The van der Waals surface area contributed by atoms with E-state index in [1.165, 1.54) is 61.6 Å². The second-order valence-corrected chi connectivity index (χ2v) is 8.61. The molecule has 0 saturated carbocycles. The van der Waals surface area contributed by atoms with Crippen molar-refractivity contribution < 1.29 is 9.13 Å². The van der Waals surface area contributed by atoms with Crippen LogP contribution >= 0.6 is 0 Å². The van der Waals surface area contributed by atoms with Gasteiger partial charge in [0.05, 0.1) is 0 Å². The van der Waals surface area contributed by atoms with Crippen LogP contribution in [0.15, 0.2) is 66.9 Å². The molecule has 30 heavy (non-hydrogen) atoms. The van der Waals surface area contributed by atoms with E-state index in [9.17, 15) is 0 Å². The summed E-state index contributed by atoms with van der Waals surface area (Å²) in [4.78, 5) is 0. The van der Waals surface area contributed by atoms with Crippen molar-refractivity contribution in [1.29, 1.82) is 0 Å². The maximum atomic E-state index is 2.40.